The maximum atomic E-state index is 5.92. The molecule has 0 spiro atoms. The van der Waals surface area contributed by atoms with Gasteiger partial charge in [-0.2, -0.15) is 0 Å². The molecule has 1 N–H and O–H groups in total. The molecule has 1 aromatic heterocycles. The lowest BCUT2D eigenvalue weighted by Crippen LogP contribution is -2.17. The van der Waals surface area contributed by atoms with Gasteiger partial charge in [0, 0.05) is 12.0 Å². The van der Waals surface area contributed by atoms with E-state index in [0.29, 0.717) is 5.92 Å². The SMILES string of the molecule is COc1ccc([C@H](C)NCc2ccc(C3CC3C)o2)cc1. The minimum atomic E-state index is 0.282. The zero-order valence-electron chi connectivity index (χ0n) is 12.9. The Hall–Kier alpha value is -1.74. The van der Waals surface area contributed by atoms with Gasteiger partial charge in [-0.3, -0.25) is 0 Å². The molecule has 0 saturated heterocycles. The second-order valence-corrected chi connectivity index (χ2v) is 6.00. The van der Waals surface area contributed by atoms with E-state index >= 15 is 0 Å². The van der Waals surface area contributed by atoms with Crippen LogP contribution in [-0.4, -0.2) is 7.11 Å². The maximum Gasteiger partial charge on any atom is 0.118 e. The van der Waals surface area contributed by atoms with Gasteiger partial charge in [-0.1, -0.05) is 19.1 Å². The predicted molar refractivity (Wildman–Crippen MR) is 83.5 cm³/mol. The molecule has 0 aliphatic heterocycles. The normalized spacial score (nSPS) is 22.0. The molecule has 3 nitrogen and oxygen atoms in total. The standard InChI is InChI=1S/C18H23NO2/c1-12-10-17(12)18-9-8-16(21-18)11-19-13(2)14-4-6-15(20-3)7-5-14/h4-9,12-13,17,19H,10-11H2,1-3H3/t12?,13-,17?/m0/s1. The fourth-order valence-electron chi connectivity index (χ4n) is 2.67. The number of benzene rings is 1. The first-order chi connectivity index (χ1) is 10.2. The second kappa shape index (κ2) is 5.94. The van der Waals surface area contributed by atoms with Crippen LogP contribution in [0.5, 0.6) is 5.75 Å². The van der Waals surface area contributed by atoms with E-state index in [1.807, 2.05) is 12.1 Å². The Morgan fingerprint density at radius 3 is 2.57 bits per heavy atom. The van der Waals surface area contributed by atoms with Gasteiger partial charge in [-0.25, -0.2) is 0 Å². The van der Waals surface area contributed by atoms with Crippen LogP contribution in [0.2, 0.25) is 0 Å². The van der Waals surface area contributed by atoms with Gasteiger partial charge in [0.05, 0.1) is 13.7 Å². The molecule has 1 aromatic carbocycles. The molecule has 1 heterocycles. The smallest absolute Gasteiger partial charge is 0.118 e. The number of rotatable bonds is 6. The van der Waals surface area contributed by atoms with Crippen molar-refractivity contribution < 1.29 is 9.15 Å². The molecule has 0 radical (unpaired) electrons. The van der Waals surface area contributed by atoms with E-state index in [2.05, 4.69) is 43.4 Å². The topological polar surface area (TPSA) is 34.4 Å². The van der Waals surface area contributed by atoms with Crippen molar-refractivity contribution >= 4 is 0 Å². The minimum Gasteiger partial charge on any atom is -0.497 e. The Bertz CT molecular complexity index is 588. The van der Waals surface area contributed by atoms with Gasteiger partial charge in [0.15, 0.2) is 0 Å². The van der Waals surface area contributed by atoms with Crippen LogP contribution in [0.3, 0.4) is 0 Å². The zero-order valence-corrected chi connectivity index (χ0v) is 12.9. The van der Waals surface area contributed by atoms with Crippen molar-refractivity contribution in [3.05, 3.63) is 53.5 Å². The summed E-state index contributed by atoms with van der Waals surface area (Å²) >= 11 is 0. The van der Waals surface area contributed by atoms with E-state index in [9.17, 15) is 0 Å². The number of ether oxygens (including phenoxy) is 1. The zero-order chi connectivity index (χ0) is 14.8. The highest BCUT2D eigenvalue weighted by Gasteiger charge is 2.36. The molecule has 112 valence electrons. The van der Waals surface area contributed by atoms with E-state index in [1.54, 1.807) is 7.11 Å². The van der Waals surface area contributed by atoms with Gasteiger partial charge >= 0.3 is 0 Å². The molecule has 2 aromatic rings. The summed E-state index contributed by atoms with van der Waals surface area (Å²) in [5.41, 5.74) is 1.25. The third kappa shape index (κ3) is 3.30. The quantitative estimate of drug-likeness (QED) is 0.861. The van der Waals surface area contributed by atoms with Crippen molar-refractivity contribution in [3.8, 4) is 5.75 Å². The average molecular weight is 285 g/mol. The third-order valence-electron chi connectivity index (χ3n) is 4.36. The predicted octanol–water partition coefficient (Wildman–Crippen LogP) is 4.26. The van der Waals surface area contributed by atoms with E-state index < -0.39 is 0 Å². The highest BCUT2D eigenvalue weighted by atomic mass is 16.5. The first kappa shape index (κ1) is 14.2. The molecular formula is C18H23NO2. The second-order valence-electron chi connectivity index (χ2n) is 6.00. The molecule has 1 aliphatic carbocycles. The lowest BCUT2D eigenvalue weighted by Gasteiger charge is -2.13. The Balaban J connectivity index is 1.55. The lowest BCUT2D eigenvalue weighted by atomic mass is 10.1. The fourth-order valence-corrected chi connectivity index (χ4v) is 2.67. The molecule has 3 atom stereocenters. The Morgan fingerprint density at radius 2 is 1.95 bits per heavy atom. The summed E-state index contributed by atoms with van der Waals surface area (Å²) in [4.78, 5) is 0. The number of nitrogens with one attached hydrogen (secondary N) is 1. The summed E-state index contributed by atoms with van der Waals surface area (Å²) in [6.45, 7) is 5.19. The van der Waals surface area contributed by atoms with Crippen molar-refractivity contribution in [1.82, 2.24) is 5.32 Å². The first-order valence-corrected chi connectivity index (χ1v) is 7.63. The van der Waals surface area contributed by atoms with E-state index in [0.717, 1.165) is 29.7 Å². The van der Waals surface area contributed by atoms with Gasteiger partial charge in [-0.05, 0) is 49.1 Å². The van der Waals surface area contributed by atoms with Crippen LogP contribution < -0.4 is 10.1 Å². The minimum absolute atomic E-state index is 0.282. The monoisotopic (exact) mass is 285 g/mol. The van der Waals surface area contributed by atoms with Crippen molar-refractivity contribution in [1.29, 1.82) is 0 Å². The first-order valence-electron chi connectivity index (χ1n) is 7.63. The van der Waals surface area contributed by atoms with Gasteiger partial charge in [0.2, 0.25) is 0 Å². The maximum absolute atomic E-state index is 5.92. The van der Waals surface area contributed by atoms with Crippen LogP contribution in [0, 0.1) is 5.92 Å². The number of hydrogen-bond acceptors (Lipinski definition) is 3. The van der Waals surface area contributed by atoms with E-state index in [-0.39, 0.29) is 6.04 Å². The van der Waals surface area contributed by atoms with Gasteiger partial charge in [0.25, 0.3) is 0 Å². The Kier molecular flexibility index (Phi) is 4.02. The molecule has 3 rings (SSSR count). The number of methoxy groups -OCH3 is 1. The molecule has 1 saturated carbocycles. The fraction of sp³-hybridized carbons (Fsp3) is 0.444. The lowest BCUT2D eigenvalue weighted by molar-refractivity contribution is 0.413. The van der Waals surface area contributed by atoms with Crippen LogP contribution in [0.1, 0.15) is 49.3 Å². The van der Waals surface area contributed by atoms with Crippen LogP contribution in [0.15, 0.2) is 40.8 Å². The Morgan fingerprint density at radius 1 is 1.24 bits per heavy atom. The molecule has 1 aliphatic rings. The summed E-state index contributed by atoms with van der Waals surface area (Å²) in [5.74, 6) is 4.49. The molecule has 1 fully saturated rings. The summed E-state index contributed by atoms with van der Waals surface area (Å²) in [6, 6.07) is 12.7. The van der Waals surface area contributed by atoms with Crippen LogP contribution in [0.4, 0.5) is 0 Å². The summed E-state index contributed by atoms with van der Waals surface area (Å²) in [7, 11) is 1.69. The van der Waals surface area contributed by atoms with Crippen molar-refractivity contribution in [2.24, 2.45) is 5.92 Å². The highest BCUT2D eigenvalue weighted by Crippen LogP contribution is 2.47. The Labute approximate surface area is 126 Å². The van der Waals surface area contributed by atoms with Crippen molar-refractivity contribution in [2.75, 3.05) is 7.11 Å². The van der Waals surface area contributed by atoms with Crippen LogP contribution in [-0.2, 0) is 6.54 Å². The molecule has 21 heavy (non-hydrogen) atoms. The van der Waals surface area contributed by atoms with E-state index in [1.165, 1.54) is 12.0 Å². The van der Waals surface area contributed by atoms with Crippen LogP contribution in [0.25, 0.3) is 0 Å². The molecule has 0 amide bonds. The number of hydrogen-bond donors (Lipinski definition) is 1. The third-order valence-corrected chi connectivity index (χ3v) is 4.36. The summed E-state index contributed by atoms with van der Waals surface area (Å²) in [6.07, 6.45) is 1.27. The molecule has 0 bridgehead atoms. The molecule has 3 heteroatoms. The highest BCUT2D eigenvalue weighted by molar-refractivity contribution is 5.28. The van der Waals surface area contributed by atoms with Gasteiger partial charge in [-0.15, -0.1) is 0 Å². The van der Waals surface area contributed by atoms with Crippen molar-refractivity contribution in [3.63, 3.8) is 0 Å². The van der Waals surface area contributed by atoms with Gasteiger partial charge in [0.1, 0.15) is 17.3 Å². The average Bonchev–Trinajstić information content (AvgIpc) is 3.06. The van der Waals surface area contributed by atoms with Crippen molar-refractivity contribution in [2.45, 2.75) is 38.8 Å². The summed E-state index contributed by atoms with van der Waals surface area (Å²) < 4.78 is 11.1. The summed E-state index contributed by atoms with van der Waals surface area (Å²) in [5, 5.41) is 3.50. The van der Waals surface area contributed by atoms with Crippen LogP contribution >= 0.6 is 0 Å². The van der Waals surface area contributed by atoms with Gasteiger partial charge < -0.3 is 14.5 Å². The molecular weight excluding hydrogens is 262 g/mol. The molecule has 2 unspecified atom stereocenters. The van der Waals surface area contributed by atoms with E-state index in [4.69, 9.17) is 9.15 Å². The largest absolute Gasteiger partial charge is 0.497 e. The number of furan rings is 1.